The van der Waals surface area contributed by atoms with E-state index in [1.165, 1.54) is 51.2 Å². The largest absolute Gasteiger partial charge is 0.306 e. The number of fused-ring (bicyclic) bond motifs is 1. The minimum atomic E-state index is 0.364. The molecule has 21 heavy (non-hydrogen) atoms. The van der Waals surface area contributed by atoms with E-state index in [0.29, 0.717) is 6.04 Å². The summed E-state index contributed by atoms with van der Waals surface area (Å²) in [5.41, 5.74) is 3.05. The van der Waals surface area contributed by atoms with E-state index in [-0.39, 0.29) is 0 Å². The Bertz CT molecular complexity index is 591. The lowest BCUT2D eigenvalue weighted by molar-refractivity contribution is 0.605. The van der Waals surface area contributed by atoms with Crippen LogP contribution in [0.1, 0.15) is 58.0 Å². The third-order valence-corrected chi connectivity index (χ3v) is 7.01. The first-order valence-electron chi connectivity index (χ1n) is 7.79. The van der Waals surface area contributed by atoms with E-state index < -0.39 is 0 Å². The predicted octanol–water partition coefficient (Wildman–Crippen LogP) is 5.85. The first-order chi connectivity index (χ1) is 10.2. The van der Waals surface area contributed by atoms with Gasteiger partial charge in [0, 0.05) is 14.6 Å². The highest BCUT2D eigenvalue weighted by Crippen LogP contribution is 2.39. The molecule has 0 radical (unpaired) electrons. The molecule has 0 aliphatic heterocycles. The normalized spacial score (nSPS) is 16.0. The zero-order valence-electron chi connectivity index (χ0n) is 12.7. The van der Waals surface area contributed by atoms with Gasteiger partial charge in [-0.25, -0.2) is 0 Å². The Balaban J connectivity index is 1.95. The molecule has 0 bridgehead atoms. The van der Waals surface area contributed by atoms with Crippen LogP contribution in [0.4, 0.5) is 0 Å². The second-order valence-corrected chi connectivity index (χ2v) is 9.56. The molecule has 1 atom stereocenters. The molecule has 3 rings (SSSR count). The molecule has 0 amide bonds. The van der Waals surface area contributed by atoms with Gasteiger partial charge >= 0.3 is 0 Å². The van der Waals surface area contributed by atoms with Crippen LogP contribution >= 0.6 is 38.6 Å². The van der Waals surface area contributed by atoms with Crippen molar-refractivity contribution in [3.63, 3.8) is 0 Å². The summed E-state index contributed by atoms with van der Waals surface area (Å²) < 4.78 is 1.24. The second-order valence-electron chi connectivity index (χ2n) is 5.75. The van der Waals surface area contributed by atoms with Crippen molar-refractivity contribution >= 4 is 38.6 Å². The van der Waals surface area contributed by atoms with E-state index >= 15 is 0 Å². The molecule has 1 nitrogen and oxygen atoms in total. The van der Waals surface area contributed by atoms with Gasteiger partial charge in [-0.05, 0) is 84.8 Å². The van der Waals surface area contributed by atoms with Crippen LogP contribution in [0.3, 0.4) is 0 Å². The lowest BCUT2D eigenvalue weighted by Gasteiger charge is -2.17. The Morgan fingerprint density at radius 3 is 2.71 bits per heavy atom. The average Bonchev–Trinajstić information content (AvgIpc) is 3.03. The van der Waals surface area contributed by atoms with Crippen molar-refractivity contribution in [3.05, 3.63) is 41.7 Å². The van der Waals surface area contributed by atoms with Crippen molar-refractivity contribution in [3.8, 4) is 0 Å². The maximum absolute atomic E-state index is 3.76. The van der Waals surface area contributed by atoms with Gasteiger partial charge in [-0.2, -0.15) is 0 Å². The maximum atomic E-state index is 3.76. The minimum Gasteiger partial charge on any atom is -0.306 e. The number of aryl methyl sites for hydroxylation is 3. The lowest BCUT2D eigenvalue weighted by Crippen LogP contribution is -2.22. The molecule has 1 aliphatic rings. The summed E-state index contributed by atoms with van der Waals surface area (Å²) in [7, 11) is 0. The Morgan fingerprint density at radius 1 is 1.24 bits per heavy atom. The molecule has 0 saturated carbocycles. The number of hydrogen-bond acceptors (Lipinski definition) is 3. The van der Waals surface area contributed by atoms with Gasteiger partial charge in [0.15, 0.2) is 0 Å². The number of hydrogen-bond donors (Lipinski definition) is 1. The molecule has 1 unspecified atom stereocenters. The molecular formula is C17H22BrNS2. The summed E-state index contributed by atoms with van der Waals surface area (Å²) >= 11 is 7.52. The van der Waals surface area contributed by atoms with Crippen molar-refractivity contribution in [1.29, 1.82) is 0 Å². The van der Waals surface area contributed by atoms with Crippen molar-refractivity contribution < 1.29 is 0 Å². The van der Waals surface area contributed by atoms with Crippen molar-refractivity contribution in [1.82, 2.24) is 5.32 Å². The van der Waals surface area contributed by atoms with Gasteiger partial charge in [0.2, 0.25) is 0 Å². The average molecular weight is 384 g/mol. The molecule has 2 heterocycles. The lowest BCUT2D eigenvalue weighted by atomic mass is 9.98. The fourth-order valence-electron chi connectivity index (χ4n) is 3.05. The Kier molecular flexibility index (Phi) is 5.20. The van der Waals surface area contributed by atoms with Crippen LogP contribution in [-0.4, -0.2) is 6.54 Å². The van der Waals surface area contributed by atoms with E-state index in [2.05, 4.69) is 47.2 Å². The van der Waals surface area contributed by atoms with Gasteiger partial charge in [0.25, 0.3) is 0 Å². The monoisotopic (exact) mass is 383 g/mol. The summed E-state index contributed by atoms with van der Waals surface area (Å²) in [4.78, 5) is 4.55. The van der Waals surface area contributed by atoms with E-state index in [1.807, 2.05) is 22.7 Å². The van der Waals surface area contributed by atoms with E-state index in [9.17, 15) is 0 Å². The topological polar surface area (TPSA) is 12.0 Å². The van der Waals surface area contributed by atoms with E-state index in [0.717, 1.165) is 6.54 Å². The molecule has 0 aromatic carbocycles. The first-order valence-corrected chi connectivity index (χ1v) is 10.2. The molecule has 1 aliphatic carbocycles. The molecule has 0 fully saturated rings. The molecule has 0 saturated heterocycles. The fraction of sp³-hybridized carbons (Fsp3) is 0.529. The van der Waals surface area contributed by atoms with Gasteiger partial charge in [-0.1, -0.05) is 6.92 Å². The van der Waals surface area contributed by atoms with Crippen LogP contribution in [0.25, 0.3) is 0 Å². The quantitative estimate of drug-likeness (QED) is 0.682. The number of thiophene rings is 2. The molecule has 0 spiro atoms. The number of rotatable bonds is 5. The highest BCUT2D eigenvalue weighted by molar-refractivity contribution is 9.11. The summed E-state index contributed by atoms with van der Waals surface area (Å²) in [6, 6.07) is 5.13. The zero-order chi connectivity index (χ0) is 14.8. The molecule has 4 heteroatoms. The number of nitrogens with one attached hydrogen (secondary N) is 1. The summed E-state index contributed by atoms with van der Waals surface area (Å²) in [6.45, 7) is 5.54. The molecule has 1 N–H and O–H groups in total. The SMILES string of the molecule is CCCNC(c1cc2c(s1)CCCC2)c1cc(Br)sc1C. The van der Waals surface area contributed by atoms with Crippen LogP contribution < -0.4 is 5.32 Å². The van der Waals surface area contributed by atoms with Crippen LogP contribution in [0.5, 0.6) is 0 Å². The highest BCUT2D eigenvalue weighted by atomic mass is 79.9. The first kappa shape index (κ1) is 15.7. The fourth-order valence-corrected chi connectivity index (χ4v) is 6.15. The molecule has 114 valence electrons. The predicted molar refractivity (Wildman–Crippen MR) is 97.9 cm³/mol. The standard InChI is InChI=1S/C17H22BrNS2/c1-3-8-19-17(13-10-16(18)20-11(13)2)15-9-12-6-4-5-7-14(12)21-15/h9-10,17,19H,3-8H2,1-2H3. The van der Waals surface area contributed by atoms with Gasteiger partial charge in [0.1, 0.15) is 0 Å². The molecular weight excluding hydrogens is 362 g/mol. The van der Waals surface area contributed by atoms with Crippen LogP contribution in [-0.2, 0) is 12.8 Å². The van der Waals surface area contributed by atoms with Crippen molar-refractivity contribution in [2.45, 2.75) is 52.0 Å². The highest BCUT2D eigenvalue weighted by Gasteiger charge is 2.22. The van der Waals surface area contributed by atoms with Crippen molar-refractivity contribution in [2.75, 3.05) is 6.54 Å². The summed E-state index contributed by atoms with van der Waals surface area (Å²) in [6.07, 6.45) is 6.46. The second kappa shape index (κ2) is 6.95. The minimum absolute atomic E-state index is 0.364. The third kappa shape index (κ3) is 3.44. The van der Waals surface area contributed by atoms with Gasteiger partial charge < -0.3 is 5.32 Å². The van der Waals surface area contributed by atoms with Crippen molar-refractivity contribution in [2.24, 2.45) is 0 Å². The Labute approximate surface area is 143 Å². The number of halogens is 1. The van der Waals surface area contributed by atoms with Gasteiger partial charge in [-0.3, -0.25) is 0 Å². The third-order valence-electron chi connectivity index (χ3n) is 4.14. The van der Waals surface area contributed by atoms with E-state index in [1.54, 1.807) is 10.4 Å². The van der Waals surface area contributed by atoms with E-state index in [4.69, 9.17) is 0 Å². The summed E-state index contributed by atoms with van der Waals surface area (Å²) in [5, 5.41) is 3.76. The molecule has 2 aromatic heterocycles. The van der Waals surface area contributed by atoms with Crippen LogP contribution in [0.15, 0.2) is 15.9 Å². The van der Waals surface area contributed by atoms with Crippen LogP contribution in [0.2, 0.25) is 0 Å². The Hall–Kier alpha value is -0.160. The van der Waals surface area contributed by atoms with Gasteiger partial charge in [0.05, 0.1) is 9.83 Å². The molecule has 2 aromatic rings. The van der Waals surface area contributed by atoms with Crippen LogP contribution in [0, 0.1) is 6.92 Å². The Morgan fingerprint density at radius 2 is 2.05 bits per heavy atom. The summed E-state index contributed by atoms with van der Waals surface area (Å²) in [5.74, 6) is 0. The maximum Gasteiger partial charge on any atom is 0.0704 e. The zero-order valence-corrected chi connectivity index (χ0v) is 15.9. The smallest absolute Gasteiger partial charge is 0.0704 e. The van der Waals surface area contributed by atoms with Gasteiger partial charge in [-0.15, -0.1) is 22.7 Å².